The molecule has 8 nitrogen and oxygen atoms in total. The van der Waals surface area contributed by atoms with E-state index in [1.807, 2.05) is 30.3 Å². The maximum absolute atomic E-state index is 13.0. The molecular formula is C22H31N3O5S. The lowest BCUT2D eigenvalue weighted by atomic mass is 10.0. The summed E-state index contributed by atoms with van der Waals surface area (Å²) < 4.78 is 0. The van der Waals surface area contributed by atoms with E-state index in [-0.39, 0.29) is 11.2 Å². The number of amides is 2. The third-order valence-electron chi connectivity index (χ3n) is 5.09. The molecule has 0 aliphatic carbocycles. The summed E-state index contributed by atoms with van der Waals surface area (Å²) in [5.41, 5.74) is 3.94. The van der Waals surface area contributed by atoms with E-state index in [9.17, 15) is 24.3 Å². The Hall–Kier alpha value is -2.39. The summed E-state index contributed by atoms with van der Waals surface area (Å²) in [5, 5.41) is 12.2. The van der Waals surface area contributed by atoms with E-state index in [2.05, 4.69) is 17.7 Å². The molecule has 0 unspecified atom stereocenters. The first-order valence-corrected chi connectivity index (χ1v) is 11.5. The summed E-state index contributed by atoms with van der Waals surface area (Å²) in [4.78, 5) is 48.9. The summed E-state index contributed by atoms with van der Waals surface area (Å²) >= 11 is 0.935. The third-order valence-corrected chi connectivity index (χ3v) is 6.08. The largest absolute Gasteiger partial charge is 0.480 e. The van der Waals surface area contributed by atoms with Crippen LogP contribution in [-0.2, 0) is 25.6 Å². The number of aliphatic carboxylic acids is 1. The van der Waals surface area contributed by atoms with Gasteiger partial charge in [0.2, 0.25) is 5.91 Å². The fourth-order valence-corrected chi connectivity index (χ4v) is 4.41. The highest BCUT2D eigenvalue weighted by molar-refractivity contribution is 8.14. The van der Waals surface area contributed by atoms with Gasteiger partial charge in [-0.2, -0.15) is 0 Å². The molecular weight excluding hydrogens is 418 g/mol. The van der Waals surface area contributed by atoms with Gasteiger partial charge in [-0.1, -0.05) is 61.9 Å². The van der Waals surface area contributed by atoms with Crippen LogP contribution in [0.1, 0.15) is 51.5 Å². The average Bonchev–Trinajstić information content (AvgIpc) is 2.85. The van der Waals surface area contributed by atoms with Crippen molar-refractivity contribution in [3.63, 3.8) is 0 Å². The number of hydrogen-bond acceptors (Lipinski definition) is 6. The molecule has 2 amide bonds. The van der Waals surface area contributed by atoms with Gasteiger partial charge in [0.05, 0.1) is 5.25 Å². The Bertz CT molecular complexity index is 774. The summed E-state index contributed by atoms with van der Waals surface area (Å²) in [5.74, 6) is -2.00. The molecule has 0 saturated carbocycles. The standard InChI is InChI=1S/C22H31N3O5S/c1-3-4-10-17-11-12-18(22(30)25(24-17)14-20(27)28)23-21(29)19(31-15(2)26)13-16-8-6-5-7-9-16/h5-9,17-19,24H,3-4,10-14H2,1-2H3,(H,23,29)(H,27,28)/t17-,18-,19+/m0/s1. The molecule has 9 heteroatoms. The first kappa shape index (κ1) is 24.9. The lowest BCUT2D eigenvalue weighted by molar-refractivity contribution is -0.148. The van der Waals surface area contributed by atoms with E-state index in [1.165, 1.54) is 6.92 Å². The Morgan fingerprint density at radius 2 is 1.97 bits per heavy atom. The zero-order valence-electron chi connectivity index (χ0n) is 18.0. The first-order chi connectivity index (χ1) is 14.8. The zero-order chi connectivity index (χ0) is 22.8. The molecule has 170 valence electrons. The van der Waals surface area contributed by atoms with E-state index < -0.39 is 35.6 Å². The summed E-state index contributed by atoms with van der Waals surface area (Å²) in [6, 6.07) is 8.50. The molecule has 1 saturated heterocycles. The summed E-state index contributed by atoms with van der Waals surface area (Å²) in [6.07, 6.45) is 4.17. The number of thioether (sulfide) groups is 1. The molecule has 1 aromatic rings. The number of nitrogens with one attached hydrogen (secondary N) is 2. The Kier molecular flexibility index (Phi) is 10.00. The molecule has 2 rings (SSSR count). The molecule has 0 bridgehead atoms. The van der Waals surface area contributed by atoms with E-state index in [0.29, 0.717) is 19.3 Å². The zero-order valence-corrected chi connectivity index (χ0v) is 18.8. The minimum absolute atomic E-state index is 0.0307. The molecule has 0 spiro atoms. The monoisotopic (exact) mass is 449 g/mol. The molecule has 0 radical (unpaired) electrons. The van der Waals surface area contributed by atoms with Crippen molar-refractivity contribution in [2.45, 2.75) is 69.7 Å². The molecule has 3 atom stereocenters. The van der Waals surface area contributed by atoms with Gasteiger partial charge < -0.3 is 10.4 Å². The van der Waals surface area contributed by atoms with Crippen molar-refractivity contribution in [2.75, 3.05) is 6.54 Å². The number of unbranched alkanes of at least 4 members (excludes halogenated alkanes) is 1. The van der Waals surface area contributed by atoms with E-state index in [0.717, 1.165) is 41.6 Å². The molecule has 1 aromatic carbocycles. The predicted molar refractivity (Wildman–Crippen MR) is 119 cm³/mol. The van der Waals surface area contributed by atoms with Gasteiger partial charge in [0, 0.05) is 13.0 Å². The van der Waals surface area contributed by atoms with Crippen molar-refractivity contribution in [1.82, 2.24) is 15.8 Å². The fraction of sp³-hybridized carbons (Fsp3) is 0.545. The highest BCUT2D eigenvalue weighted by Crippen LogP contribution is 2.20. The first-order valence-electron chi connectivity index (χ1n) is 10.6. The van der Waals surface area contributed by atoms with Crippen LogP contribution in [0.3, 0.4) is 0 Å². The lowest BCUT2D eigenvalue weighted by Crippen LogP contribution is -2.55. The van der Waals surface area contributed by atoms with Crippen LogP contribution < -0.4 is 10.7 Å². The van der Waals surface area contributed by atoms with Crippen molar-refractivity contribution in [3.8, 4) is 0 Å². The minimum atomic E-state index is -1.13. The lowest BCUT2D eigenvalue weighted by Gasteiger charge is -2.26. The number of hydrogen-bond donors (Lipinski definition) is 3. The van der Waals surface area contributed by atoms with Gasteiger partial charge in [0.25, 0.3) is 5.91 Å². The van der Waals surface area contributed by atoms with Crippen LogP contribution in [0.4, 0.5) is 0 Å². The van der Waals surface area contributed by atoms with E-state index in [4.69, 9.17) is 0 Å². The number of benzene rings is 1. The fourth-order valence-electron chi connectivity index (χ4n) is 3.56. The van der Waals surface area contributed by atoms with Gasteiger partial charge in [-0.3, -0.25) is 24.2 Å². The average molecular weight is 450 g/mol. The minimum Gasteiger partial charge on any atom is -0.480 e. The molecule has 31 heavy (non-hydrogen) atoms. The van der Waals surface area contributed by atoms with Crippen molar-refractivity contribution in [1.29, 1.82) is 0 Å². The van der Waals surface area contributed by atoms with Gasteiger partial charge in [0.15, 0.2) is 5.12 Å². The van der Waals surface area contributed by atoms with Gasteiger partial charge in [-0.05, 0) is 31.2 Å². The maximum Gasteiger partial charge on any atom is 0.324 e. The van der Waals surface area contributed by atoms with Crippen molar-refractivity contribution in [2.24, 2.45) is 0 Å². The number of carboxylic acid groups (broad SMARTS) is 1. The molecule has 1 aliphatic heterocycles. The number of hydrazine groups is 1. The van der Waals surface area contributed by atoms with Crippen LogP contribution >= 0.6 is 11.8 Å². The quantitative estimate of drug-likeness (QED) is 0.501. The number of nitrogens with zero attached hydrogens (tertiary/aromatic N) is 1. The van der Waals surface area contributed by atoms with Crippen molar-refractivity contribution in [3.05, 3.63) is 35.9 Å². The van der Waals surface area contributed by atoms with Crippen LogP contribution in [0.2, 0.25) is 0 Å². The van der Waals surface area contributed by atoms with Gasteiger partial charge in [-0.25, -0.2) is 5.43 Å². The van der Waals surface area contributed by atoms with Crippen LogP contribution in [0.5, 0.6) is 0 Å². The second kappa shape index (κ2) is 12.5. The van der Waals surface area contributed by atoms with Gasteiger partial charge >= 0.3 is 5.97 Å². The topological polar surface area (TPSA) is 116 Å². The van der Waals surface area contributed by atoms with Gasteiger partial charge in [-0.15, -0.1) is 0 Å². The van der Waals surface area contributed by atoms with Crippen molar-refractivity contribution >= 4 is 34.7 Å². The van der Waals surface area contributed by atoms with Gasteiger partial charge in [0.1, 0.15) is 12.6 Å². The number of carbonyl (C=O) groups is 4. The molecule has 3 N–H and O–H groups in total. The third kappa shape index (κ3) is 8.34. The molecule has 1 fully saturated rings. The second-order valence-corrected chi connectivity index (χ2v) is 9.09. The smallest absolute Gasteiger partial charge is 0.324 e. The number of carboxylic acids is 1. The molecule has 1 aliphatic rings. The van der Waals surface area contributed by atoms with Crippen LogP contribution in [-0.4, -0.2) is 56.9 Å². The summed E-state index contributed by atoms with van der Waals surface area (Å²) in [7, 11) is 0. The number of rotatable bonds is 10. The number of carbonyl (C=O) groups excluding carboxylic acids is 3. The van der Waals surface area contributed by atoms with E-state index in [1.54, 1.807) is 0 Å². The normalized spacial score (nSPS) is 20.1. The SMILES string of the molecule is CCCC[C@H]1CC[C@H](NC(=O)[C@@H](Cc2ccccc2)SC(C)=O)C(=O)N(CC(=O)O)N1. The van der Waals surface area contributed by atoms with Crippen molar-refractivity contribution < 1.29 is 24.3 Å². The Labute approximate surface area is 187 Å². The van der Waals surface area contributed by atoms with E-state index >= 15 is 0 Å². The highest BCUT2D eigenvalue weighted by atomic mass is 32.2. The predicted octanol–water partition coefficient (Wildman–Crippen LogP) is 2.13. The molecule has 1 heterocycles. The molecule has 0 aromatic heterocycles. The van der Waals surface area contributed by atoms with Crippen LogP contribution in [0, 0.1) is 0 Å². The Morgan fingerprint density at radius 3 is 2.58 bits per heavy atom. The highest BCUT2D eigenvalue weighted by Gasteiger charge is 2.34. The second-order valence-electron chi connectivity index (χ2n) is 7.71. The summed E-state index contributed by atoms with van der Waals surface area (Å²) in [6.45, 7) is 2.99. The maximum atomic E-state index is 13.0. The van der Waals surface area contributed by atoms with Crippen LogP contribution in [0.25, 0.3) is 0 Å². The Morgan fingerprint density at radius 1 is 1.26 bits per heavy atom. The van der Waals surface area contributed by atoms with Crippen LogP contribution in [0.15, 0.2) is 30.3 Å². The Balaban J connectivity index is 2.13.